The molecule has 0 saturated carbocycles. The van der Waals surface area contributed by atoms with Crippen molar-refractivity contribution in [2.75, 3.05) is 38.2 Å². The molecule has 0 radical (unpaired) electrons. The Kier molecular flexibility index (Phi) is 5.96. The van der Waals surface area contributed by atoms with Gasteiger partial charge in [-0.1, -0.05) is 46.3 Å². The summed E-state index contributed by atoms with van der Waals surface area (Å²) in [5.41, 5.74) is 1.58. The normalized spacial score (nSPS) is 14.9. The molecule has 0 atom stereocenters. The number of amides is 1. The summed E-state index contributed by atoms with van der Waals surface area (Å²) in [5, 5.41) is 2.87. The van der Waals surface area contributed by atoms with Crippen LogP contribution in [0.2, 0.25) is 0 Å². The first kappa shape index (κ1) is 17.8. The number of carbonyl (C=O) groups is 2. The van der Waals surface area contributed by atoms with E-state index in [1.54, 1.807) is 24.3 Å². The van der Waals surface area contributed by atoms with E-state index in [2.05, 4.69) is 21.2 Å². The van der Waals surface area contributed by atoms with Crippen LogP contribution in [0.15, 0.2) is 53.0 Å². The van der Waals surface area contributed by atoms with Gasteiger partial charge in [0.1, 0.15) is 0 Å². The fraction of sp³-hybridized carbons (Fsp3) is 0.263. The van der Waals surface area contributed by atoms with Crippen LogP contribution in [0.25, 0.3) is 0 Å². The zero-order valence-electron chi connectivity index (χ0n) is 13.7. The average molecular weight is 403 g/mol. The first-order chi connectivity index (χ1) is 12.1. The number of morpholine rings is 1. The fourth-order valence-corrected chi connectivity index (χ4v) is 3.07. The van der Waals surface area contributed by atoms with Crippen LogP contribution in [0.3, 0.4) is 0 Å². The Morgan fingerprint density at radius 2 is 1.80 bits per heavy atom. The van der Waals surface area contributed by atoms with Crippen LogP contribution in [-0.2, 0) is 9.53 Å². The van der Waals surface area contributed by atoms with Crippen molar-refractivity contribution in [2.24, 2.45) is 0 Å². The highest BCUT2D eigenvalue weighted by molar-refractivity contribution is 9.10. The van der Waals surface area contributed by atoms with E-state index >= 15 is 0 Å². The molecular weight excluding hydrogens is 384 g/mol. The number of ether oxygens (including phenoxy) is 1. The topological polar surface area (TPSA) is 58.6 Å². The highest BCUT2D eigenvalue weighted by Crippen LogP contribution is 2.24. The van der Waals surface area contributed by atoms with E-state index in [0.717, 1.165) is 17.6 Å². The van der Waals surface area contributed by atoms with Crippen molar-refractivity contribution in [1.82, 2.24) is 4.90 Å². The molecule has 1 fully saturated rings. The third-order valence-electron chi connectivity index (χ3n) is 4.01. The third-order valence-corrected chi connectivity index (χ3v) is 4.50. The smallest absolute Gasteiger partial charge is 0.238 e. The minimum atomic E-state index is -0.133. The summed E-state index contributed by atoms with van der Waals surface area (Å²) in [6.45, 7) is 3.05. The highest BCUT2D eigenvalue weighted by atomic mass is 79.9. The van der Waals surface area contributed by atoms with Crippen molar-refractivity contribution in [3.05, 3.63) is 64.1 Å². The summed E-state index contributed by atoms with van der Waals surface area (Å²) in [6, 6.07) is 14.3. The number of benzene rings is 2. The van der Waals surface area contributed by atoms with Crippen molar-refractivity contribution < 1.29 is 14.3 Å². The average Bonchev–Trinajstić information content (AvgIpc) is 2.64. The Bertz CT molecular complexity index is 759. The lowest BCUT2D eigenvalue weighted by atomic mass is 10.0. The molecule has 0 spiro atoms. The van der Waals surface area contributed by atoms with Crippen LogP contribution in [0.4, 0.5) is 5.69 Å². The van der Waals surface area contributed by atoms with Crippen LogP contribution in [0, 0.1) is 0 Å². The number of rotatable bonds is 5. The van der Waals surface area contributed by atoms with Gasteiger partial charge < -0.3 is 10.1 Å². The molecule has 1 aliphatic heterocycles. The Labute approximate surface area is 155 Å². The summed E-state index contributed by atoms with van der Waals surface area (Å²) < 4.78 is 6.08. The molecule has 0 aromatic heterocycles. The Morgan fingerprint density at radius 3 is 2.52 bits per heavy atom. The van der Waals surface area contributed by atoms with Gasteiger partial charge in [0.05, 0.1) is 25.4 Å². The fourth-order valence-electron chi connectivity index (χ4n) is 2.71. The van der Waals surface area contributed by atoms with Gasteiger partial charge in [-0.15, -0.1) is 0 Å². The van der Waals surface area contributed by atoms with Crippen LogP contribution < -0.4 is 5.32 Å². The molecule has 1 amide bonds. The summed E-state index contributed by atoms with van der Waals surface area (Å²) in [4.78, 5) is 27.2. The van der Waals surface area contributed by atoms with Gasteiger partial charge in [-0.3, -0.25) is 14.5 Å². The van der Waals surface area contributed by atoms with Gasteiger partial charge >= 0.3 is 0 Å². The zero-order valence-corrected chi connectivity index (χ0v) is 15.3. The summed E-state index contributed by atoms with van der Waals surface area (Å²) >= 11 is 3.40. The lowest BCUT2D eigenvalue weighted by molar-refractivity contribution is -0.118. The van der Waals surface area contributed by atoms with Crippen molar-refractivity contribution in [3.8, 4) is 0 Å². The number of nitrogens with one attached hydrogen (secondary N) is 1. The molecule has 5 nitrogen and oxygen atoms in total. The van der Waals surface area contributed by atoms with Gasteiger partial charge in [0.15, 0.2) is 5.78 Å². The maximum Gasteiger partial charge on any atom is 0.238 e. The predicted molar refractivity (Wildman–Crippen MR) is 99.9 cm³/mol. The van der Waals surface area contributed by atoms with E-state index in [4.69, 9.17) is 4.74 Å². The van der Waals surface area contributed by atoms with E-state index in [9.17, 15) is 9.59 Å². The van der Waals surface area contributed by atoms with Gasteiger partial charge in [-0.05, 0) is 18.2 Å². The maximum absolute atomic E-state index is 12.8. The Morgan fingerprint density at radius 1 is 1.08 bits per heavy atom. The van der Waals surface area contributed by atoms with E-state index in [0.29, 0.717) is 36.6 Å². The molecule has 1 N–H and O–H groups in total. The van der Waals surface area contributed by atoms with Crippen LogP contribution in [-0.4, -0.2) is 49.4 Å². The van der Waals surface area contributed by atoms with E-state index in [1.807, 2.05) is 29.2 Å². The third kappa shape index (κ3) is 4.75. The predicted octanol–water partition coefficient (Wildman–Crippen LogP) is 2.95. The number of halogens is 1. The van der Waals surface area contributed by atoms with Gasteiger partial charge in [-0.2, -0.15) is 0 Å². The van der Waals surface area contributed by atoms with E-state index < -0.39 is 0 Å². The number of anilines is 1. The first-order valence-electron chi connectivity index (χ1n) is 8.13. The number of hydrogen-bond donors (Lipinski definition) is 1. The molecule has 0 unspecified atom stereocenters. The Hall–Kier alpha value is -2.02. The van der Waals surface area contributed by atoms with Crippen LogP contribution in [0.5, 0.6) is 0 Å². The standard InChI is InChI=1S/C19H19BrN2O3/c20-15-6-7-17(21-18(23)13-22-8-10-25-11-9-22)16(12-15)19(24)14-4-2-1-3-5-14/h1-7,12H,8-11,13H2,(H,21,23). The lowest BCUT2D eigenvalue weighted by Crippen LogP contribution is -2.41. The molecule has 3 rings (SSSR count). The molecular formula is C19H19BrN2O3. The minimum absolute atomic E-state index is 0.122. The van der Waals surface area contributed by atoms with Crippen molar-refractivity contribution in [2.45, 2.75) is 0 Å². The second-order valence-corrected chi connectivity index (χ2v) is 6.74. The molecule has 130 valence electrons. The molecule has 1 saturated heterocycles. The molecule has 2 aromatic carbocycles. The zero-order chi connectivity index (χ0) is 17.6. The highest BCUT2D eigenvalue weighted by Gasteiger charge is 2.18. The largest absolute Gasteiger partial charge is 0.379 e. The number of nitrogens with zero attached hydrogens (tertiary/aromatic N) is 1. The molecule has 1 heterocycles. The van der Waals surface area contributed by atoms with Gasteiger partial charge in [-0.25, -0.2) is 0 Å². The molecule has 25 heavy (non-hydrogen) atoms. The monoisotopic (exact) mass is 402 g/mol. The summed E-state index contributed by atoms with van der Waals surface area (Å²) in [7, 11) is 0. The lowest BCUT2D eigenvalue weighted by Gasteiger charge is -2.26. The molecule has 0 bridgehead atoms. The second kappa shape index (κ2) is 8.38. The molecule has 2 aromatic rings. The van der Waals surface area contributed by atoms with E-state index in [1.165, 1.54) is 0 Å². The van der Waals surface area contributed by atoms with Crippen LogP contribution in [0.1, 0.15) is 15.9 Å². The van der Waals surface area contributed by atoms with E-state index in [-0.39, 0.29) is 11.7 Å². The summed E-state index contributed by atoms with van der Waals surface area (Å²) in [5.74, 6) is -0.255. The Balaban J connectivity index is 1.77. The SMILES string of the molecule is O=C(CN1CCOCC1)Nc1ccc(Br)cc1C(=O)c1ccccc1. The maximum atomic E-state index is 12.8. The van der Waals surface area contributed by atoms with Gasteiger partial charge in [0.2, 0.25) is 5.91 Å². The molecule has 6 heteroatoms. The number of hydrogen-bond acceptors (Lipinski definition) is 4. The van der Waals surface area contributed by atoms with Crippen LogP contribution >= 0.6 is 15.9 Å². The number of ketones is 1. The summed E-state index contributed by atoms with van der Waals surface area (Å²) in [6.07, 6.45) is 0. The quantitative estimate of drug-likeness (QED) is 0.781. The van der Waals surface area contributed by atoms with Crippen molar-refractivity contribution in [1.29, 1.82) is 0 Å². The van der Waals surface area contributed by atoms with Crippen molar-refractivity contribution in [3.63, 3.8) is 0 Å². The van der Waals surface area contributed by atoms with Crippen molar-refractivity contribution >= 4 is 33.3 Å². The minimum Gasteiger partial charge on any atom is -0.379 e. The molecule has 1 aliphatic rings. The van der Waals surface area contributed by atoms with Gasteiger partial charge in [0, 0.05) is 28.7 Å². The second-order valence-electron chi connectivity index (χ2n) is 5.82. The van der Waals surface area contributed by atoms with Gasteiger partial charge in [0.25, 0.3) is 0 Å². The molecule has 0 aliphatic carbocycles. The first-order valence-corrected chi connectivity index (χ1v) is 8.92. The number of carbonyl (C=O) groups excluding carboxylic acids is 2.